The Balaban J connectivity index is 1.94. The number of rotatable bonds is 6. The molecule has 0 saturated heterocycles. The van der Waals surface area contributed by atoms with Gasteiger partial charge in [-0.3, -0.25) is 9.69 Å². The number of carbonyl (C=O) groups is 1. The summed E-state index contributed by atoms with van der Waals surface area (Å²) < 4.78 is 18.3. The smallest absolute Gasteiger partial charge is 0.320 e. The van der Waals surface area contributed by atoms with Crippen LogP contribution in [0.4, 0.5) is 4.39 Å². The van der Waals surface area contributed by atoms with Crippen molar-refractivity contribution in [2.45, 2.75) is 51.4 Å². The van der Waals surface area contributed by atoms with Gasteiger partial charge in [0.1, 0.15) is 11.4 Å². The quantitative estimate of drug-likeness (QED) is 0.821. The number of ether oxygens (including phenoxy) is 1. The Morgan fingerprint density at radius 1 is 1.36 bits per heavy atom. The molecule has 2 rings (SSSR count). The Labute approximate surface area is 130 Å². The van der Waals surface area contributed by atoms with Crippen molar-refractivity contribution in [2.75, 3.05) is 13.1 Å². The fourth-order valence-electron chi connectivity index (χ4n) is 2.33. The van der Waals surface area contributed by atoms with E-state index in [-0.39, 0.29) is 18.3 Å². The first-order valence-corrected chi connectivity index (χ1v) is 7.64. The van der Waals surface area contributed by atoms with Gasteiger partial charge in [0.2, 0.25) is 0 Å². The highest BCUT2D eigenvalue weighted by Gasteiger charge is 2.33. The number of hydrogen-bond acceptors (Lipinski definition) is 4. The molecule has 0 amide bonds. The highest BCUT2D eigenvalue weighted by molar-refractivity contribution is 5.72. The lowest BCUT2D eigenvalue weighted by atomic mass is 10.1. The van der Waals surface area contributed by atoms with Crippen molar-refractivity contribution < 1.29 is 19.0 Å². The second-order valence-electron chi connectivity index (χ2n) is 6.81. The first-order valence-electron chi connectivity index (χ1n) is 7.64. The average Bonchev–Trinajstić information content (AvgIpc) is 3.20. The maximum atomic E-state index is 12.9. The summed E-state index contributed by atoms with van der Waals surface area (Å²) in [6, 6.07) is 6.11. The summed E-state index contributed by atoms with van der Waals surface area (Å²) in [5, 5.41) is 10.3. The lowest BCUT2D eigenvalue weighted by Crippen LogP contribution is -2.38. The van der Waals surface area contributed by atoms with Crippen LogP contribution in [0.15, 0.2) is 24.3 Å². The molecule has 0 aromatic heterocycles. The predicted octanol–water partition coefficient (Wildman–Crippen LogP) is 2.67. The number of carbonyl (C=O) groups excluding carboxylic acids is 1. The molecule has 1 fully saturated rings. The van der Waals surface area contributed by atoms with Gasteiger partial charge in [0.25, 0.3) is 0 Å². The SMILES string of the molecule is CC(C)(C)OC(=O)CN(CC(O)c1ccc(F)cc1)C1CC1. The molecule has 1 atom stereocenters. The summed E-state index contributed by atoms with van der Waals surface area (Å²) in [7, 11) is 0. The maximum absolute atomic E-state index is 12.9. The third kappa shape index (κ3) is 5.39. The van der Waals surface area contributed by atoms with Gasteiger partial charge in [-0.1, -0.05) is 12.1 Å². The highest BCUT2D eigenvalue weighted by Crippen LogP contribution is 2.29. The van der Waals surface area contributed by atoms with Crippen LogP contribution in [-0.2, 0) is 9.53 Å². The van der Waals surface area contributed by atoms with Gasteiger partial charge in [0.15, 0.2) is 0 Å². The van der Waals surface area contributed by atoms with Gasteiger partial charge < -0.3 is 9.84 Å². The molecule has 1 aliphatic carbocycles. The zero-order valence-electron chi connectivity index (χ0n) is 13.4. The number of esters is 1. The lowest BCUT2D eigenvalue weighted by Gasteiger charge is -2.26. The fraction of sp³-hybridized carbons (Fsp3) is 0.588. The molecule has 4 nitrogen and oxygen atoms in total. The Bertz CT molecular complexity index is 506. The lowest BCUT2D eigenvalue weighted by molar-refractivity contribution is -0.156. The van der Waals surface area contributed by atoms with Crippen molar-refractivity contribution in [1.82, 2.24) is 4.90 Å². The van der Waals surface area contributed by atoms with Crippen LogP contribution in [0.5, 0.6) is 0 Å². The third-order valence-corrected chi connectivity index (χ3v) is 3.48. The zero-order valence-corrected chi connectivity index (χ0v) is 13.4. The van der Waals surface area contributed by atoms with Gasteiger partial charge in [-0.15, -0.1) is 0 Å². The van der Waals surface area contributed by atoms with Crippen LogP contribution in [0.2, 0.25) is 0 Å². The second-order valence-corrected chi connectivity index (χ2v) is 6.81. The molecule has 1 aliphatic rings. The zero-order chi connectivity index (χ0) is 16.3. The van der Waals surface area contributed by atoms with E-state index in [0.29, 0.717) is 18.2 Å². The number of aliphatic hydroxyl groups is 1. The van der Waals surface area contributed by atoms with Crippen molar-refractivity contribution in [3.05, 3.63) is 35.6 Å². The molecule has 1 saturated carbocycles. The van der Waals surface area contributed by atoms with E-state index in [2.05, 4.69) is 0 Å². The Morgan fingerprint density at radius 3 is 2.45 bits per heavy atom. The van der Waals surface area contributed by atoms with E-state index in [4.69, 9.17) is 4.74 Å². The summed E-state index contributed by atoms with van der Waals surface area (Å²) in [6.07, 6.45) is 1.31. The van der Waals surface area contributed by atoms with Crippen molar-refractivity contribution in [1.29, 1.82) is 0 Å². The minimum Gasteiger partial charge on any atom is -0.459 e. The molecule has 122 valence electrons. The van der Waals surface area contributed by atoms with E-state index in [9.17, 15) is 14.3 Å². The minimum absolute atomic E-state index is 0.167. The first-order chi connectivity index (χ1) is 10.2. The monoisotopic (exact) mass is 309 g/mol. The van der Waals surface area contributed by atoms with E-state index >= 15 is 0 Å². The standard InChI is InChI=1S/C17H24FNO3/c1-17(2,3)22-16(21)11-19(14-8-9-14)10-15(20)12-4-6-13(18)7-5-12/h4-7,14-15,20H,8-11H2,1-3H3. The van der Waals surface area contributed by atoms with Crippen LogP contribution in [-0.4, -0.2) is 40.7 Å². The van der Waals surface area contributed by atoms with Crippen LogP contribution >= 0.6 is 0 Å². The Hall–Kier alpha value is -1.46. The summed E-state index contributed by atoms with van der Waals surface area (Å²) >= 11 is 0. The molecule has 22 heavy (non-hydrogen) atoms. The molecule has 0 heterocycles. The number of halogens is 1. The summed E-state index contributed by atoms with van der Waals surface area (Å²) in [5.41, 5.74) is 0.137. The predicted molar refractivity (Wildman–Crippen MR) is 81.8 cm³/mol. The van der Waals surface area contributed by atoms with Crippen LogP contribution in [0.1, 0.15) is 45.3 Å². The van der Waals surface area contributed by atoms with Gasteiger partial charge in [-0.05, 0) is 51.3 Å². The van der Waals surface area contributed by atoms with Gasteiger partial charge in [-0.2, -0.15) is 0 Å². The molecule has 0 spiro atoms. The van der Waals surface area contributed by atoms with Crippen molar-refractivity contribution in [3.8, 4) is 0 Å². The fourth-order valence-corrected chi connectivity index (χ4v) is 2.33. The maximum Gasteiger partial charge on any atom is 0.320 e. The normalized spacial score (nSPS) is 16.6. The third-order valence-electron chi connectivity index (χ3n) is 3.48. The van der Waals surface area contributed by atoms with Gasteiger partial charge in [0.05, 0.1) is 12.6 Å². The number of hydrogen-bond donors (Lipinski definition) is 1. The number of aliphatic hydroxyl groups excluding tert-OH is 1. The summed E-state index contributed by atoms with van der Waals surface area (Å²) in [4.78, 5) is 13.9. The van der Waals surface area contributed by atoms with E-state index in [1.165, 1.54) is 12.1 Å². The average molecular weight is 309 g/mol. The van der Waals surface area contributed by atoms with Crippen molar-refractivity contribution >= 4 is 5.97 Å². The molecule has 0 radical (unpaired) electrons. The molecular formula is C17H24FNO3. The Kier molecular flexibility index (Phi) is 5.19. The molecule has 1 N–H and O–H groups in total. The van der Waals surface area contributed by atoms with Gasteiger partial charge in [-0.25, -0.2) is 4.39 Å². The van der Waals surface area contributed by atoms with E-state index in [1.54, 1.807) is 12.1 Å². The van der Waals surface area contributed by atoms with E-state index in [0.717, 1.165) is 12.8 Å². The molecule has 1 unspecified atom stereocenters. The first kappa shape index (κ1) is 16.9. The van der Waals surface area contributed by atoms with Gasteiger partial charge >= 0.3 is 5.97 Å². The van der Waals surface area contributed by atoms with Crippen LogP contribution in [0.25, 0.3) is 0 Å². The van der Waals surface area contributed by atoms with Crippen LogP contribution in [0, 0.1) is 5.82 Å². The molecule has 0 bridgehead atoms. The van der Waals surface area contributed by atoms with Crippen molar-refractivity contribution in [3.63, 3.8) is 0 Å². The molecule has 1 aromatic rings. The second kappa shape index (κ2) is 6.75. The number of nitrogens with zero attached hydrogens (tertiary/aromatic N) is 1. The van der Waals surface area contributed by atoms with E-state index in [1.807, 2.05) is 25.7 Å². The van der Waals surface area contributed by atoms with E-state index < -0.39 is 11.7 Å². The van der Waals surface area contributed by atoms with Crippen LogP contribution < -0.4 is 0 Å². The topological polar surface area (TPSA) is 49.8 Å². The highest BCUT2D eigenvalue weighted by atomic mass is 19.1. The number of benzene rings is 1. The van der Waals surface area contributed by atoms with Gasteiger partial charge in [0, 0.05) is 12.6 Å². The van der Waals surface area contributed by atoms with Crippen molar-refractivity contribution in [2.24, 2.45) is 0 Å². The molecule has 0 aliphatic heterocycles. The Morgan fingerprint density at radius 2 is 1.95 bits per heavy atom. The molecule has 1 aromatic carbocycles. The summed E-state index contributed by atoms with van der Waals surface area (Å²) in [6.45, 7) is 6.01. The summed E-state index contributed by atoms with van der Waals surface area (Å²) in [5.74, 6) is -0.616. The molecule has 5 heteroatoms. The molecular weight excluding hydrogens is 285 g/mol. The largest absolute Gasteiger partial charge is 0.459 e. The minimum atomic E-state index is -0.747. The van der Waals surface area contributed by atoms with Crippen LogP contribution in [0.3, 0.4) is 0 Å².